The molecular weight excluding hydrogens is 658 g/mol. The molecule has 1 aliphatic heterocycles. The summed E-state index contributed by atoms with van der Waals surface area (Å²) in [5.74, 6) is 0. The van der Waals surface area contributed by atoms with E-state index in [4.69, 9.17) is 19.9 Å². The first-order valence-corrected chi connectivity index (χ1v) is 15.7. The van der Waals surface area contributed by atoms with Gasteiger partial charge in [0.2, 0.25) is 0 Å². The van der Waals surface area contributed by atoms with Crippen LogP contribution in [0.15, 0.2) is 146 Å². The van der Waals surface area contributed by atoms with Crippen molar-refractivity contribution < 1.29 is 19.5 Å². The molecular formula is C40H28N8Zn. The van der Waals surface area contributed by atoms with Crippen LogP contribution in [0.4, 0.5) is 0 Å². The molecule has 49 heavy (non-hydrogen) atoms. The van der Waals surface area contributed by atoms with Gasteiger partial charge in [-0.1, -0.05) is 24.3 Å². The summed E-state index contributed by atoms with van der Waals surface area (Å²) in [7, 11) is 0. The molecule has 0 aliphatic carbocycles. The third-order valence-electron chi connectivity index (χ3n) is 8.58. The molecule has 8 nitrogen and oxygen atoms in total. The average Bonchev–Trinajstić information content (AvgIpc) is 3.98. The molecule has 8 aromatic rings. The maximum atomic E-state index is 4.78. The first kappa shape index (κ1) is 30.2. The third kappa shape index (κ3) is 5.50. The zero-order valence-corrected chi connectivity index (χ0v) is 29.3. The van der Waals surface area contributed by atoms with E-state index in [-0.39, 0.29) is 19.5 Å². The largest absolute Gasteiger partial charge is 0.354 e. The van der Waals surface area contributed by atoms with Crippen LogP contribution in [-0.4, -0.2) is 39.9 Å². The fraction of sp³-hybridized carbons (Fsp3) is 0. The maximum Gasteiger partial charge on any atom is 0.0743 e. The standard InChI is InChI=1S/C40H28N8.Zn/c1-5-21-41-25(9-1)37-29-13-15-31(45-29)38(26-10-2-6-22-42-26)33-17-19-35(47-33)40(28-12-4-8-24-44-28)36-20-18-34(48-36)39(27-11-3-7-23-43-27)32-16-14-30(37)46-32;/h1-24,45-48H;. The average molecular weight is 686 g/mol. The Kier molecular flexibility index (Phi) is 7.88. The molecule has 0 radical (unpaired) electrons. The van der Waals surface area contributed by atoms with Gasteiger partial charge in [0.25, 0.3) is 0 Å². The van der Waals surface area contributed by atoms with Gasteiger partial charge in [-0.15, -0.1) is 0 Å². The van der Waals surface area contributed by atoms with Crippen molar-refractivity contribution in [1.82, 2.24) is 39.9 Å². The Hall–Kier alpha value is -6.18. The van der Waals surface area contributed by atoms with E-state index in [9.17, 15) is 0 Å². The number of fused-ring (bicyclic) bond motifs is 8. The third-order valence-corrected chi connectivity index (χ3v) is 8.58. The normalized spacial score (nSPS) is 12.6. The molecule has 9 heterocycles. The predicted molar refractivity (Wildman–Crippen MR) is 185 cm³/mol. The summed E-state index contributed by atoms with van der Waals surface area (Å²) in [6.07, 6.45) is 7.29. The Labute approximate surface area is 293 Å². The van der Waals surface area contributed by atoms with Crippen LogP contribution in [0.1, 0.15) is 45.6 Å². The van der Waals surface area contributed by atoms with E-state index in [1.807, 2.05) is 97.6 Å². The van der Waals surface area contributed by atoms with Crippen LogP contribution in [0.2, 0.25) is 0 Å². The van der Waals surface area contributed by atoms with Gasteiger partial charge in [-0.25, -0.2) is 0 Å². The smallest absolute Gasteiger partial charge is 0.0743 e. The van der Waals surface area contributed by atoms with E-state index in [2.05, 4.69) is 68.5 Å². The number of hydrogen-bond acceptors (Lipinski definition) is 4. The Morgan fingerprint density at radius 3 is 0.776 bits per heavy atom. The number of H-pyrrole nitrogens is 4. The molecule has 4 N–H and O–H groups in total. The quantitative estimate of drug-likeness (QED) is 0.211. The van der Waals surface area contributed by atoms with E-state index >= 15 is 0 Å². The first-order valence-electron chi connectivity index (χ1n) is 15.7. The van der Waals surface area contributed by atoms with E-state index in [0.717, 1.165) is 89.2 Å². The molecule has 8 bridgehead atoms. The second-order valence-electron chi connectivity index (χ2n) is 11.5. The van der Waals surface area contributed by atoms with Gasteiger partial charge in [0.15, 0.2) is 0 Å². The van der Waals surface area contributed by atoms with Gasteiger partial charge >= 0.3 is 0 Å². The van der Waals surface area contributed by atoms with Gasteiger partial charge in [0.1, 0.15) is 0 Å². The summed E-state index contributed by atoms with van der Waals surface area (Å²) in [5.41, 5.74) is 10.9. The number of aromatic nitrogens is 8. The molecule has 0 saturated carbocycles. The molecule has 230 valence electrons. The van der Waals surface area contributed by atoms with Crippen molar-refractivity contribution in [2.75, 3.05) is 0 Å². The van der Waals surface area contributed by atoms with Crippen LogP contribution in [0.5, 0.6) is 0 Å². The zero-order valence-electron chi connectivity index (χ0n) is 26.4. The first-order chi connectivity index (χ1) is 23.8. The Morgan fingerprint density at radius 2 is 0.551 bits per heavy atom. The van der Waals surface area contributed by atoms with Crippen LogP contribution in [0, 0.1) is 0 Å². The van der Waals surface area contributed by atoms with Gasteiger partial charge in [0, 0.05) is 66.6 Å². The summed E-state index contributed by atoms with van der Waals surface area (Å²) in [6.45, 7) is 0. The predicted octanol–water partition coefficient (Wildman–Crippen LogP) is 3.88. The summed E-state index contributed by atoms with van der Waals surface area (Å²) in [6, 6.07) is 40.8. The second-order valence-corrected chi connectivity index (χ2v) is 11.5. The minimum absolute atomic E-state index is 0. The van der Waals surface area contributed by atoms with Crippen LogP contribution in [0.25, 0.3) is 22.3 Å². The minimum atomic E-state index is 0. The number of pyridine rings is 4. The molecule has 1 aliphatic rings. The van der Waals surface area contributed by atoms with Crippen LogP contribution >= 0.6 is 0 Å². The molecule has 0 atom stereocenters. The molecule has 0 aromatic carbocycles. The van der Waals surface area contributed by atoms with E-state index in [1.165, 1.54) is 0 Å². The van der Waals surface area contributed by atoms with Crippen LogP contribution in [-0.2, 0) is 19.5 Å². The van der Waals surface area contributed by atoms with E-state index in [0.29, 0.717) is 0 Å². The maximum absolute atomic E-state index is 4.78. The zero-order chi connectivity index (χ0) is 31.9. The minimum Gasteiger partial charge on any atom is -0.354 e. The monoisotopic (exact) mass is 684 g/mol. The Balaban J connectivity index is 0.00000348. The molecule has 0 saturated heterocycles. The number of nitrogens with zero attached hydrogens (tertiary/aromatic N) is 4. The topological polar surface area (TPSA) is 115 Å². The molecule has 9 heteroatoms. The van der Waals surface area contributed by atoms with Crippen molar-refractivity contribution in [3.05, 3.63) is 213 Å². The molecule has 0 amide bonds. The van der Waals surface area contributed by atoms with Crippen molar-refractivity contribution in [1.29, 1.82) is 0 Å². The van der Waals surface area contributed by atoms with Gasteiger partial charge in [0.05, 0.1) is 66.9 Å². The summed E-state index contributed by atoms with van der Waals surface area (Å²) < 4.78 is 0. The van der Waals surface area contributed by atoms with Gasteiger partial charge in [-0.2, -0.15) is 0 Å². The van der Waals surface area contributed by atoms with E-state index in [1.54, 1.807) is 0 Å². The van der Waals surface area contributed by atoms with Crippen molar-refractivity contribution in [2.45, 2.75) is 0 Å². The molecule has 8 aromatic heterocycles. The molecule has 9 rings (SSSR count). The summed E-state index contributed by atoms with van der Waals surface area (Å²) >= 11 is 0. The SMILES string of the molecule is [Zn].c1ccc(C2=c3ccc([nH]3)=C(c3ccccn3)c3ccc([nH]3)C(c3ccccn3)=c3ccc([nH]3)=C(c3ccccn3)c3ccc2[nH]3)nc1. The Bertz CT molecular complexity index is 2290. The van der Waals surface area contributed by atoms with Gasteiger partial charge < -0.3 is 19.9 Å². The summed E-state index contributed by atoms with van der Waals surface area (Å²) in [5, 5.41) is 3.69. The number of hydrogen-bond donors (Lipinski definition) is 4. The summed E-state index contributed by atoms with van der Waals surface area (Å²) in [4.78, 5) is 34.1. The van der Waals surface area contributed by atoms with Crippen molar-refractivity contribution in [3.63, 3.8) is 0 Å². The van der Waals surface area contributed by atoms with Crippen LogP contribution < -0.4 is 21.4 Å². The van der Waals surface area contributed by atoms with Crippen molar-refractivity contribution >= 4 is 22.3 Å². The number of rotatable bonds is 4. The van der Waals surface area contributed by atoms with Crippen molar-refractivity contribution in [2.24, 2.45) is 0 Å². The fourth-order valence-electron chi connectivity index (χ4n) is 6.47. The van der Waals surface area contributed by atoms with Crippen molar-refractivity contribution in [3.8, 4) is 0 Å². The number of aromatic amines is 4. The number of nitrogens with one attached hydrogen (secondary N) is 4. The molecule has 0 fully saturated rings. The fourth-order valence-corrected chi connectivity index (χ4v) is 6.47. The second kappa shape index (κ2) is 12.8. The Morgan fingerprint density at radius 1 is 0.286 bits per heavy atom. The van der Waals surface area contributed by atoms with Gasteiger partial charge in [-0.3, -0.25) is 19.9 Å². The van der Waals surface area contributed by atoms with Crippen LogP contribution in [0.3, 0.4) is 0 Å². The molecule has 0 unspecified atom stereocenters. The van der Waals surface area contributed by atoms with Gasteiger partial charge in [-0.05, 0) is 97.1 Å². The van der Waals surface area contributed by atoms with E-state index < -0.39 is 0 Å². The molecule has 0 spiro atoms.